The van der Waals surface area contributed by atoms with Crippen LogP contribution in [0.5, 0.6) is 0 Å². The molecule has 1 aromatic carbocycles. The second-order valence-electron chi connectivity index (χ2n) is 4.95. The van der Waals surface area contributed by atoms with Gasteiger partial charge in [-0.15, -0.1) is 5.10 Å². The Morgan fingerprint density at radius 2 is 2.15 bits per heavy atom. The predicted molar refractivity (Wildman–Crippen MR) is 88.9 cm³/mol. The molecule has 0 fully saturated rings. The molecule has 0 aliphatic heterocycles. The number of tetrazole rings is 1. The van der Waals surface area contributed by atoms with Crippen LogP contribution in [0.2, 0.25) is 0 Å². The zero-order valence-corrected chi connectivity index (χ0v) is 14.1. The van der Waals surface area contributed by atoms with E-state index in [1.165, 1.54) is 29.1 Å². The number of carbonyl (C=O) groups is 2. The summed E-state index contributed by atoms with van der Waals surface area (Å²) in [6.45, 7) is 0.164. The Labute approximate surface area is 150 Å². The van der Waals surface area contributed by atoms with Gasteiger partial charge in [-0.05, 0) is 40.8 Å². The van der Waals surface area contributed by atoms with Crippen LogP contribution in [0, 0.1) is 5.82 Å². The fraction of sp³-hybridized carbons (Fsp3) is 0.133. The van der Waals surface area contributed by atoms with E-state index < -0.39 is 17.8 Å². The molecule has 0 saturated heterocycles. The standard InChI is InChI=1S/C15H13FN6O3S/c16-10-3-1-4-11(7-10)22-15(19-20-21-22)26-9-13(23)18-14(24)17-8-12-5-2-6-25-12/h1-7H,8-9H2,(H2,17,18,23,24). The molecule has 0 aliphatic carbocycles. The third-order valence-corrected chi connectivity index (χ3v) is 4.00. The van der Waals surface area contributed by atoms with E-state index in [2.05, 4.69) is 26.2 Å². The molecule has 9 nitrogen and oxygen atoms in total. The molecule has 0 atom stereocenters. The number of nitrogens with zero attached hydrogens (tertiary/aromatic N) is 4. The lowest BCUT2D eigenvalue weighted by atomic mass is 10.3. The molecule has 0 unspecified atom stereocenters. The summed E-state index contributed by atoms with van der Waals surface area (Å²) >= 11 is 1.01. The molecule has 0 spiro atoms. The molecule has 26 heavy (non-hydrogen) atoms. The summed E-state index contributed by atoms with van der Waals surface area (Å²) in [5.74, 6) is -0.485. The summed E-state index contributed by atoms with van der Waals surface area (Å²) in [6, 6.07) is 8.47. The van der Waals surface area contributed by atoms with Gasteiger partial charge in [0.05, 0.1) is 24.2 Å². The molecule has 3 rings (SSSR count). The molecule has 3 aromatic rings. The van der Waals surface area contributed by atoms with E-state index in [1.807, 2.05) is 0 Å². The maximum Gasteiger partial charge on any atom is 0.321 e. The Kier molecular flexibility index (Phi) is 5.59. The SMILES string of the molecule is O=C(CSc1nnnn1-c1cccc(F)c1)NC(=O)NCc1ccco1. The second-order valence-corrected chi connectivity index (χ2v) is 5.89. The van der Waals surface area contributed by atoms with Crippen molar-refractivity contribution in [2.45, 2.75) is 11.7 Å². The van der Waals surface area contributed by atoms with Gasteiger partial charge in [-0.25, -0.2) is 9.18 Å². The number of furan rings is 1. The van der Waals surface area contributed by atoms with Crippen molar-refractivity contribution in [1.29, 1.82) is 0 Å². The van der Waals surface area contributed by atoms with Crippen LogP contribution in [0.3, 0.4) is 0 Å². The number of hydrogen-bond donors (Lipinski definition) is 2. The average Bonchev–Trinajstić information content (AvgIpc) is 3.30. The van der Waals surface area contributed by atoms with Gasteiger partial charge in [0.25, 0.3) is 0 Å². The van der Waals surface area contributed by atoms with E-state index in [4.69, 9.17) is 4.42 Å². The zero-order chi connectivity index (χ0) is 18.4. The lowest BCUT2D eigenvalue weighted by Gasteiger charge is -2.06. The Morgan fingerprint density at radius 3 is 2.92 bits per heavy atom. The van der Waals surface area contributed by atoms with Gasteiger partial charge in [-0.1, -0.05) is 17.8 Å². The van der Waals surface area contributed by atoms with E-state index in [1.54, 1.807) is 18.2 Å². The van der Waals surface area contributed by atoms with Crippen molar-refractivity contribution in [3.63, 3.8) is 0 Å². The summed E-state index contributed by atoms with van der Waals surface area (Å²) < 4.78 is 19.7. The molecule has 3 amide bonds. The summed E-state index contributed by atoms with van der Waals surface area (Å²) in [6.07, 6.45) is 1.49. The van der Waals surface area contributed by atoms with Gasteiger partial charge in [-0.3, -0.25) is 10.1 Å². The fourth-order valence-electron chi connectivity index (χ4n) is 1.96. The van der Waals surface area contributed by atoms with Crippen LogP contribution in [0.1, 0.15) is 5.76 Å². The largest absolute Gasteiger partial charge is 0.467 e. The van der Waals surface area contributed by atoms with E-state index in [0.717, 1.165) is 11.8 Å². The lowest BCUT2D eigenvalue weighted by Crippen LogP contribution is -2.39. The number of benzene rings is 1. The summed E-state index contributed by atoms with van der Waals surface area (Å²) in [5.41, 5.74) is 0.425. The molecule has 2 N–H and O–H groups in total. The predicted octanol–water partition coefficient (Wildman–Crippen LogP) is 1.51. The maximum absolute atomic E-state index is 13.3. The number of rotatable bonds is 6. The van der Waals surface area contributed by atoms with Crippen LogP contribution < -0.4 is 10.6 Å². The number of thioether (sulfide) groups is 1. The van der Waals surface area contributed by atoms with Crippen LogP contribution in [-0.4, -0.2) is 37.9 Å². The monoisotopic (exact) mass is 376 g/mol. The molecule has 0 radical (unpaired) electrons. The maximum atomic E-state index is 13.3. The highest BCUT2D eigenvalue weighted by atomic mass is 32.2. The molecule has 134 valence electrons. The highest BCUT2D eigenvalue weighted by molar-refractivity contribution is 7.99. The summed E-state index contributed by atoms with van der Waals surface area (Å²) in [4.78, 5) is 23.5. The molecule has 0 aliphatic rings. The first-order chi connectivity index (χ1) is 12.6. The Morgan fingerprint density at radius 1 is 1.27 bits per heavy atom. The molecular formula is C15H13FN6O3S. The van der Waals surface area contributed by atoms with Gasteiger partial charge in [0, 0.05) is 0 Å². The smallest absolute Gasteiger partial charge is 0.321 e. The van der Waals surface area contributed by atoms with Crippen LogP contribution in [0.4, 0.5) is 9.18 Å². The number of halogens is 1. The Hall–Kier alpha value is -3.21. The molecule has 2 heterocycles. The van der Waals surface area contributed by atoms with Crippen molar-refractivity contribution < 1.29 is 18.4 Å². The lowest BCUT2D eigenvalue weighted by molar-refractivity contribution is -0.117. The number of nitrogens with one attached hydrogen (secondary N) is 2. The van der Waals surface area contributed by atoms with Gasteiger partial charge in [-0.2, -0.15) is 4.68 Å². The van der Waals surface area contributed by atoms with E-state index in [9.17, 15) is 14.0 Å². The van der Waals surface area contributed by atoms with Crippen molar-refractivity contribution in [3.05, 3.63) is 54.2 Å². The van der Waals surface area contributed by atoms with Crippen molar-refractivity contribution in [3.8, 4) is 5.69 Å². The Balaban J connectivity index is 1.50. The van der Waals surface area contributed by atoms with Crippen LogP contribution in [0.25, 0.3) is 5.69 Å². The third-order valence-electron chi connectivity index (χ3n) is 3.08. The van der Waals surface area contributed by atoms with Crippen molar-refractivity contribution in [1.82, 2.24) is 30.8 Å². The topological polar surface area (TPSA) is 115 Å². The van der Waals surface area contributed by atoms with Crippen LogP contribution in [0.15, 0.2) is 52.2 Å². The normalized spacial score (nSPS) is 10.5. The first kappa shape index (κ1) is 17.6. The van der Waals surface area contributed by atoms with Crippen LogP contribution >= 0.6 is 11.8 Å². The van der Waals surface area contributed by atoms with E-state index >= 15 is 0 Å². The fourth-order valence-corrected chi connectivity index (χ4v) is 2.65. The van der Waals surface area contributed by atoms with Gasteiger partial charge < -0.3 is 9.73 Å². The molecule has 2 aromatic heterocycles. The van der Waals surface area contributed by atoms with Crippen molar-refractivity contribution in [2.75, 3.05) is 5.75 Å². The first-order valence-corrected chi connectivity index (χ1v) is 8.37. The number of aromatic nitrogens is 4. The number of imide groups is 1. The number of amides is 3. The minimum absolute atomic E-state index is 0.0934. The molecule has 0 saturated carbocycles. The van der Waals surface area contributed by atoms with E-state index in [-0.39, 0.29) is 12.3 Å². The van der Waals surface area contributed by atoms with Crippen LogP contribution in [-0.2, 0) is 11.3 Å². The zero-order valence-electron chi connectivity index (χ0n) is 13.3. The van der Waals surface area contributed by atoms with E-state index in [0.29, 0.717) is 16.6 Å². The van der Waals surface area contributed by atoms with Gasteiger partial charge >= 0.3 is 6.03 Å². The number of hydrogen-bond acceptors (Lipinski definition) is 7. The highest BCUT2D eigenvalue weighted by Crippen LogP contribution is 2.18. The number of carbonyl (C=O) groups excluding carboxylic acids is 2. The third kappa shape index (κ3) is 4.66. The molecule has 0 bridgehead atoms. The van der Waals surface area contributed by atoms with Gasteiger partial charge in [0.15, 0.2) is 0 Å². The van der Waals surface area contributed by atoms with Crippen molar-refractivity contribution >= 4 is 23.7 Å². The minimum Gasteiger partial charge on any atom is -0.467 e. The second kappa shape index (κ2) is 8.25. The quantitative estimate of drug-likeness (QED) is 0.627. The Bertz CT molecular complexity index is 898. The first-order valence-electron chi connectivity index (χ1n) is 7.39. The minimum atomic E-state index is -0.642. The molecule has 11 heteroatoms. The van der Waals surface area contributed by atoms with Gasteiger partial charge in [0.2, 0.25) is 11.1 Å². The average molecular weight is 376 g/mol. The number of urea groups is 1. The summed E-state index contributed by atoms with van der Waals surface area (Å²) in [7, 11) is 0. The van der Waals surface area contributed by atoms with Gasteiger partial charge in [0.1, 0.15) is 11.6 Å². The molecular weight excluding hydrogens is 363 g/mol. The highest BCUT2D eigenvalue weighted by Gasteiger charge is 2.13. The summed E-state index contributed by atoms with van der Waals surface area (Å²) in [5, 5.41) is 16.1. The van der Waals surface area contributed by atoms with Crippen molar-refractivity contribution in [2.24, 2.45) is 0 Å².